The van der Waals surface area contributed by atoms with Crippen LogP contribution in [-0.2, 0) is 14.4 Å². The van der Waals surface area contributed by atoms with Gasteiger partial charge in [-0.3, -0.25) is 19.3 Å². The van der Waals surface area contributed by atoms with Crippen LogP contribution in [-0.4, -0.2) is 47.2 Å². The summed E-state index contributed by atoms with van der Waals surface area (Å²) < 4.78 is 0. The van der Waals surface area contributed by atoms with E-state index in [9.17, 15) is 14.4 Å². The van der Waals surface area contributed by atoms with Crippen LogP contribution in [0.1, 0.15) is 32.1 Å². The maximum atomic E-state index is 12.5. The third-order valence-electron chi connectivity index (χ3n) is 5.82. The summed E-state index contributed by atoms with van der Waals surface area (Å²) in [5.41, 5.74) is 0. The van der Waals surface area contributed by atoms with Crippen LogP contribution in [0.15, 0.2) is 12.2 Å². The van der Waals surface area contributed by atoms with Gasteiger partial charge in [0.1, 0.15) is 0 Å². The monoisotopic (exact) mass is 302 g/mol. The summed E-state index contributed by atoms with van der Waals surface area (Å²) in [7, 11) is 0. The van der Waals surface area contributed by atoms with Crippen molar-refractivity contribution in [3.63, 3.8) is 0 Å². The SMILES string of the molecule is O=C(CCN1C(=O)[C@@H]2[C@H](C1=O)[C@H]1C=C[C@H]2C1)N1CCCCC1. The van der Waals surface area contributed by atoms with Gasteiger partial charge in [-0.25, -0.2) is 0 Å². The Kier molecular flexibility index (Phi) is 3.31. The van der Waals surface area contributed by atoms with Crippen molar-refractivity contribution < 1.29 is 14.4 Å². The molecule has 2 aliphatic carbocycles. The van der Waals surface area contributed by atoms with Crippen LogP contribution < -0.4 is 0 Å². The van der Waals surface area contributed by atoms with E-state index in [4.69, 9.17) is 0 Å². The minimum absolute atomic E-state index is 0.0432. The number of carbonyl (C=O) groups is 3. The number of likely N-dealkylation sites (tertiary alicyclic amines) is 2. The van der Waals surface area contributed by atoms with E-state index in [1.807, 2.05) is 4.90 Å². The Morgan fingerprint density at radius 3 is 2.18 bits per heavy atom. The van der Waals surface area contributed by atoms with Crippen molar-refractivity contribution in [2.75, 3.05) is 19.6 Å². The van der Waals surface area contributed by atoms with Crippen molar-refractivity contribution in [3.8, 4) is 0 Å². The predicted molar refractivity (Wildman–Crippen MR) is 79.5 cm³/mol. The molecule has 0 aromatic heterocycles. The first-order chi connectivity index (χ1) is 10.7. The van der Waals surface area contributed by atoms with E-state index >= 15 is 0 Å². The van der Waals surface area contributed by atoms with Gasteiger partial charge in [-0.05, 0) is 37.5 Å². The van der Waals surface area contributed by atoms with Crippen LogP contribution in [0.5, 0.6) is 0 Å². The van der Waals surface area contributed by atoms with Gasteiger partial charge in [0.25, 0.3) is 0 Å². The molecule has 0 spiro atoms. The second-order valence-corrected chi connectivity index (χ2v) is 7.02. The van der Waals surface area contributed by atoms with Crippen molar-refractivity contribution in [2.24, 2.45) is 23.7 Å². The zero-order valence-electron chi connectivity index (χ0n) is 12.7. The molecule has 5 nitrogen and oxygen atoms in total. The molecule has 0 aromatic carbocycles. The summed E-state index contributed by atoms with van der Waals surface area (Å²) in [6, 6.07) is 0. The Bertz CT molecular complexity index is 520. The van der Waals surface area contributed by atoms with Gasteiger partial charge < -0.3 is 4.90 Å². The minimum atomic E-state index is -0.146. The topological polar surface area (TPSA) is 57.7 Å². The zero-order valence-corrected chi connectivity index (χ0v) is 12.7. The highest BCUT2D eigenvalue weighted by molar-refractivity contribution is 6.06. The maximum Gasteiger partial charge on any atom is 0.233 e. The Balaban J connectivity index is 1.39. The molecule has 22 heavy (non-hydrogen) atoms. The normalized spacial score (nSPS) is 36.4. The fraction of sp³-hybridized carbons (Fsp3) is 0.706. The maximum absolute atomic E-state index is 12.5. The molecule has 2 heterocycles. The average molecular weight is 302 g/mol. The fourth-order valence-corrected chi connectivity index (χ4v) is 4.69. The second kappa shape index (κ2) is 5.21. The van der Waals surface area contributed by atoms with E-state index in [1.165, 1.54) is 11.3 Å². The highest BCUT2D eigenvalue weighted by Crippen LogP contribution is 2.52. The lowest BCUT2D eigenvalue weighted by atomic mass is 9.85. The smallest absolute Gasteiger partial charge is 0.233 e. The molecular formula is C17H22N2O3. The molecule has 0 aromatic rings. The number of allylic oxidation sites excluding steroid dienone is 2. The molecular weight excluding hydrogens is 280 g/mol. The third-order valence-corrected chi connectivity index (χ3v) is 5.82. The number of hydrogen-bond donors (Lipinski definition) is 0. The number of amides is 3. The van der Waals surface area contributed by atoms with Gasteiger partial charge in [-0.15, -0.1) is 0 Å². The first kappa shape index (κ1) is 14.0. The first-order valence-electron chi connectivity index (χ1n) is 8.48. The summed E-state index contributed by atoms with van der Waals surface area (Å²) in [5.74, 6) is 0.193. The van der Waals surface area contributed by atoms with Crippen LogP contribution >= 0.6 is 0 Å². The van der Waals surface area contributed by atoms with E-state index in [0.717, 1.165) is 32.4 Å². The summed E-state index contributed by atoms with van der Waals surface area (Å²) in [5, 5.41) is 0. The highest BCUT2D eigenvalue weighted by Gasteiger charge is 2.59. The van der Waals surface area contributed by atoms with E-state index in [0.29, 0.717) is 0 Å². The van der Waals surface area contributed by atoms with Crippen LogP contribution in [0, 0.1) is 23.7 Å². The van der Waals surface area contributed by atoms with Gasteiger partial charge in [0.15, 0.2) is 0 Å². The van der Waals surface area contributed by atoms with Crippen molar-refractivity contribution in [3.05, 3.63) is 12.2 Å². The van der Waals surface area contributed by atoms with E-state index < -0.39 is 0 Å². The molecule has 0 unspecified atom stereocenters. The highest BCUT2D eigenvalue weighted by atomic mass is 16.2. The molecule has 1 saturated carbocycles. The Morgan fingerprint density at radius 2 is 1.59 bits per heavy atom. The van der Waals surface area contributed by atoms with Gasteiger partial charge in [0.05, 0.1) is 11.8 Å². The third kappa shape index (κ3) is 2.02. The molecule has 5 heteroatoms. The van der Waals surface area contributed by atoms with Gasteiger partial charge in [0.2, 0.25) is 17.7 Å². The van der Waals surface area contributed by atoms with Crippen LogP contribution in [0.25, 0.3) is 0 Å². The number of rotatable bonds is 3. The van der Waals surface area contributed by atoms with Crippen LogP contribution in [0.4, 0.5) is 0 Å². The van der Waals surface area contributed by atoms with Crippen molar-refractivity contribution in [1.29, 1.82) is 0 Å². The molecule has 3 amide bonds. The van der Waals surface area contributed by atoms with Crippen molar-refractivity contribution in [1.82, 2.24) is 9.80 Å². The van der Waals surface area contributed by atoms with Crippen LogP contribution in [0.2, 0.25) is 0 Å². The first-order valence-corrected chi connectivity index (χ1v) is 8.48. The number of nitrogens with zero attached hydrogens (tertiary/aromatic N) is 2. The van der Waals surface area contributed by atoms with Crippen molar-refractivity contribution >= 4 is 17.7 Å². The van der Waals surface area contributed by atoms with E-state index in [-0.39, 0.29) is 54.4 Å². The molecule has 118 valence electrons. The minimum Gasteiger partial charge on any atom is -0.343 e. The fourth-order valence-electron chi connectivity index (χ4n) is 4.69. The predicted octanol–water partition coefficient (Wildman–Crippen LogP) is 1.20. The molecule has 2 aliphatic heterocycles. The molecule has 4 rings (SSSR count). The molecule has 2 bridgehead atoms. The van der Waals surface area contributed by atoms with Crippen LogP contribution in [0.3, 0.4) is 0 Å². The lowest BCUT2D eigenvalue weighted by Crippen LogP contribution is -2.40. The number of carbonyl (C=O) groups excluding carboxylic acids is 3. The lowest BCUT2D eigenvalue weighted by Gasteiger charge is -2.27. The largest absolute Gasteiger partial charge is 0.343 e. The van der Waals surface area contributed by atoms with Gasteiger partial charge in [-0.2, -0.15) is 0 Å². The molecule has 4 atom stereocenters. The van der Waals surface area contributed by atoms with Crippen molar-refractivity contribution in [2.45, 2.75) is 32.1 Å². The Morgan fingerprint density at radius 1 is 1.00 bits per heavy atom. The summed E-state index contributed by atoms with van der Waals surface area (Å²) in [6.45, 7) is 1.90. The average Bonchev–Trinajstić information content (AvgIpc) is 3.21. The number of hydrogen-bond acceptors (Lipinski definition) is 3. The van der Waals surface area contributed by atoms with Gasteiger partial charge in [0, 0.05) is 26.1 Å². The summed E-state index contributed by atoms with van der Waals surface area (Å²) in [6.07, 6.45) is 8.73. The number of piperidine rings is 1. The van der Waals surface area contributed by atoms with Gasteiger partial charge in [-0.1, -0.05) is 12.2 Å². The number of imide groups is 1. The zero-order chi connectivity index (χ0) is 15.3. The quantitative estimate of drug-likeness (QED) is 0.581. The van der Waals surface area contributed by atoms with Gasteiger partial charge >= 0.3 is 0 Å². The van der Waals surface area contributed by atoms with E-state index in [1.54, 1.807) is 0 Å². The molecule has 2 saturated heterocycles. The Labute approximate surface area is 130 Å². The van der Waals surface area contributed by atoms with E-state index in [2.05, 4.69) is 12.2 Å². The number of fused-ring (bicyclic) bond motifs is 5. The summed E-state index contributed by atoms with van der Waals surface area (Å²) in [4.78, 5) is 40.5. The molecule has 0 N–H and O–H groups in total. The molecule has 4 aliphatic rings. The summed E-state index contributed by atoms with van der Waals surface area (Å²) >= 11 is 0. The Hall–Kier alpha value is -1.65. The molecule has 3 fully saturated rings. The standard InChI is InChI=1S/C17H22N2O3/c20-13(18-7-2-1-3-8-18)6-9-19-16(21)14-11-4-5-12(10-11)15(14)17(19)22/h4-5,11-12,14-15H,1-3,6-10H2/t11-,12-,14-,15+/m0/s1. The second-order valence-electron chi connectivity index (χ2n) is 7.02. The molecule has 0 radical (unpaired) electrons. The lowest BCUT2D eigenvalue weighted by molar-refractivity contribution is -0.141.